The molecule has 186 valence electrons. The average molecular weight is 491 g/mol. The Morgan fingerprint density at radius 1 is 0.973 bits per heavy atom. The first kappa shape index (κ1) is 24.5. The molecule has 0 bridgehead atoms. The molecule has 5 nitrogen and oxygen atoms in total. The Balaban J connectivity index is 1.38. The summed E-state index contributed by atoms with van der Waals surface area (Å²) in [5.74, 6) is 0.370. The molecule has 5 aromatic rings. The van der Waals surface area contributed by atoms with Gasteiger partial charge in [0, 0.05) is 17.8 Å². The van der Waals surface area contributed by atoms with E-state index in [1.54, 1.807) is 31.5 Å². The fourth-order valence-corrected chi connectivity index (χ4v) is 4.79. The number of hydrogen-bond acceptors (Lipinski definition) is 4. The minimum absolute atomic E-state index is 0.0688. The number of aromatic nitrogens is 1. The highest BCUT2D eigenvalue weighted by Crippen LogP contribution is 2.33. The molecule has 3 aromatic carbocycles. The molecule has 5 heteroatoms. The Morgan fingerprint density at radius 3 is 2.46 bits per heavy atom. The molecule has 0 aliphatic rings. The van der Waals surface area contributed by atoms with Crippen LogP contribution in [0.1, 0.15) is 52.1 Å². The molecule has 0 saturated heterocycles. The van der Waals surface area contributed by atoms with Crippen molar-refractivity contribution in [1.29, 1.82) is 0 Å². The third-order valence-electron chi connectivity index (χ3n) is 6.84. The van der Waals surface area contributed by atoms with Crippen LogP contribution in [0, 0.1) is 13.8 Å². The number of carbonyl (C=O) groups is 1. The van der Waals surface area contributed by atoms with Gasteiger partial charge in [0.05, 0.1) is 12.5 Å². The van der Waals surface area contributed by atoms with Crippen LogP contribution in [0.15, 0.2) is 102 Å². The van der Waals surface area contributed by atoms with Gasteiger partial charge < -0.3 is 14.8 Å². The summed E-state index contributed by atoms with van der Waals surface area (Å²) in [4.78, 5) is 17.3. The number of aryl methyl sites for hydroxylation is 2. The second-order valence-electron chi connectivity index (χ2n) is 9.74. The summed E-state index contributed by atoms with van der Waals surface area (Å²) < 4.78 is 5.98. The van der Waals surface area contributed by atoms with E-state index in [0.717, 1.165) is 27.6 Å². The zero-order chi connectivity index (χ0) is 26.0. The molecule has 0 saturated carbocycles. The van der Waals surface area contributed by atoms with Crippen molar-refractivity contribution < 1.29 is 14.3 Å². The van der Waals surface area contributed by atoms with Crippen LogP contribution in [0.3, 0.4) is 0 Å². The van der Waals surface area contributed by atoms with E-state index in [1.165, 1.54) is 5.56 Å². The number of fused-ring (bicyclic) bond motifs is 1. The van der Waals surface area contributed by atoms with Gasteiger partial charge in [-0.25, -0.2) is 0 Å². The van der Waals surface area contributed by atoms with E-state index < -0.39 is 5.60 Å². The van der Waals surface area contributed by atoms with Crippen LogP contribution in [0.2, 0.25) is 0 Å². The lowest BCUT2D eigenvalue weighted by Gasteiger charge is -2.22. The second kappa shape index (κ2) is 10.0. The van der Waals surface area contributed by atoms with Crippen LogP contribution in [-0.4, -0.2) is 16.0 Å². The molecular weight excluding hydrogens is 460 g/mol. The van der Waals surface area contributed by atoms with Gasteiger partial charge in [0.1, 0.15) is 16.9 Å². The standard InChI is InChI=1S/C32H30N2O3/c1-21-9-11-27(22(2)17-21)31(24-7-5-4-6-8-24)34-30(35)19-23-10-12-28-25(18-23)20-29(37-28)32(3,36)26-13-15-33-16-14-26/h4-18,20,31,36H,19H2,1-3H3,(H,34,35). The van der Waals surface area contributed by atoms with E-state index in [0.29, 0.717) is 16.9 Å². The van der Waals surface area contributed by atoms with Crippen molar-refractivity contribution in [2.45, 2.75) is 38.8 Å². The number of aliphatic hydroxyl groups is 1. The smallest absolute Gasteiger partial charge is 0.225 e. The van der Waals surface area contributed by atoms with Crippen LogP contribution in [-0.2, 0) is 16.8 Å². The molecule has 0 radical (unpaired) electrons. The van der Waals surface area contributed by atoms with Crippen molar-refractivity contribution in [3.63, 3.8) is 0 Å². The molecule has 37 heavy (non-hydrogen) atoms. The zero-order valence-corrected chi connectivity index (χ0v) is 21.2. The van der Waals surface area contributed by atoms with E-state index >= 15 is 0 Å². The molecule has 2 atom stereocenters. The van der Waals surface area contributed by atoms with Gasteiger partial charge in [-0.1, -0.05) is 60.2 Å². The Hall–Kier alpha value is -4.22. The number of amides is 1. The molecule has 0 aliphatic heterocycles. The van der Waals surface area contributed by atoms with Crippen LogP contribution in [0.25, 0.3) is 11.0 Å². The van der Waals surface area contributed by atoms with Crippen molar-refractivity contribution >= 4 is 16.9 Å². The number of furan rings is 1. The molecule has 2 heterocycles. The highest BCUT2D eigenvalue weighted by Gasteiger charge is 2.30. The third-order valence-corrected chi connectivity index (χ3v) is 6.84. The maximum Gasteiger partial charge on any atom is 0.225 e. The number of benzene rings is 3. The fraction of sp³-hybridized carbons (Fsp3) is 0.188. The van der Waals surface area contributed by atoms with Crippen molar-refractivity contribution in [2.75, 3.05) is 0 Å². The van der Waals surface area contributed by atoms with E-state index in [1.807, 2.05) is 54.6 Å². The predicted octanol–water partition coefficient (Wildman–Crippen LogP) is 6.15. The van der Waals surface area contributed by atoms with Crippen LogP contribution in [0.4, 0.5) is 0 Å². The first-order chi connectivity index (χ1) is 17.8. The molecule has 1 amide bonds. The lowest BCUT2D eigenvalue weighted by atomic mass is 9.93. The van der Waals surface area contributed by atoms with Crippen molar-refractivity contribution in [3.8, 4) is 0 Å². The van der Waals surface area contributed by atoms with E-state index in [9.17, 15) is 9.90 Å². The van der Waals surface area contributed by atoms with E-state index in [-0.39, 0.29) is 18.4 Å². The fourth-order valence-electron chi connectivity index (χ4n) is 4.79. The Morgan fingerprint density at radius 2 is 1.73 bits per heavy atom. The summed E-state index contributed by atoms with van der Waals surface area (Å²) in [7, 11) is 0. The first-order valence-electron chi connectivity index (χ1n) is 12.4. The van der Waals surface area contributed by atoms with Gasteiger partial charge in [0.25, 0.3) is 0 Å². The number of pyridine rings is 1. The maximum atomic E-state index is 13.3. The van der Waals surface area contributed by atoms with Gasteiger partial charge in [-0.2, -0.15) is 0 Å². The van der Waals surface area contributed by atoms with E-state index in [4.69, 9.17) is 4.42 Å². The summed E-state index contributed by atoms with van der Waals surface area (Å²) in [6, 6.07) is 27.2. The van der Waals surface area contributed by atoms with Gasteiger partial charge in [-0.15, -0.1) is 0 Å². The van der Waals surface area contributed by atoms with Crippen molar-refractivity contribution in [2.24, 2.45) is 0 Å². The highest BCUT2D eigenvalue weighted by molar-refractivity contribution is 5.83. The topological polar surface area (TPSA) is 75.4 Å². The normalized spacial score (nSPS) is 13.7. The lowest BCUT2D eigenvalue weighted by Crippen LogP contribution is -2.31. The minimum Gasteiger partial charge on any atom is -0.458 e. The second-order valence-corrected chi connectivity index (χ2v) is 9.74. The van der Waals surface area contributed by atoms with Crippen molar-refractivity contribution in [1.82, 2.24) is 10.3 Å². The molecule has 0 aliphatic carbocycles. The predicted molar refractivity (Wildman–Crippen MR) is 145 cm³/mol. The number of nitrogens with zero attached hydrogens (tertiary/aromatic N) is 1. The Bertz CT molecular complexity index is 1540. The summed E-state index contributed by atoms with van der Waals surface area (Å²) in [5.41, 5.74) is 5.38. The van der Waals surface area contributed by atoms with Gasteiger partial charge >= 0.3 is 0 Å². The molecule has 0 fully saturated rings. The summed E-state index contributed by atoms with van der Waals surface area (Å²) in [6.07, 6.45) is 3.51. The number of rotatable bonds is 7. The molecule has 2 aromatic heterocycles. The van der Waals surface area contributed by atoms with E-state index in [2.05, 4.69) is 42.3 Å². The largest absolute Gasteiger partial charge is 0.458 e. The van der Waals surface area contributed by atoms with Crippen molar-refractivity contribution in [3.05, 3.63) is 136 Å². The van der Waals surface area contributed by atoms with Crippen LogP contribution in [0.5, 0.6) is 0 Å². The SMILES string of the molecule is Cc1ccc(C(NC(=O)Cc2ccc3oc(C(C)(O)c4ccncc4)cc3c2)c2ccccc2)c(C)c1. The number of nitrogens with one attached hydrogen (secondary N) is 1. The monoisotopic (exact) mass is 490 g/mol. The average Bonchev–Trinajstić information content (AvgIpc) is 3.33. The minimum atomic E-state index is -1.30. The lowest BCUT2D eigenvalue weighted by molar-refractivity contribution is -0.120. The highest BCUT2D eigenvalue weighted by atomic mass is 16.4. The van der Waals surface area contributed by atoms with Crippen LogP contribution < -0.4 is 5.32 Å². The van der Waals surface area contributed by atoms with Gasteiger partial charge in [0.15, 0.2) is 0 Å². The number of hydrogen-bond donors (Lipinski definition) is 2. The number of carbonyl (C=O) groups excluding carboxylic acids is 1. The zero-order valence-electron chi connectivity index (χ0n) is 21.2. The third kappa shape index (κ3) is 5.18. The molecular formula is C32H30N2O3. The summed E-state index contributed by atoms with van der Waals surface area (Å²) in [5, 5.41) is 15.2. The quantitative estimate of drug-likeness (QED) is 0.287. The first-order valence-corrected chi connectivity index (χ1v) is 12.4. The van der Waals surface area contributed by atoms with Gasteiger partial charge in [-0.3, -0.25) is 9.78 Å². The molecule has 2 unspecified atom stereocenters. The molecule has 2 N–H and O–H groups in total. The molecule has 0 spiro atoms. The van der Waals surface area contributed by atoms with Gasteiger partial charge in [0.2, 0.25) is 5.91 Å². The Kier molecular flexibility index (Phi) is 6.64. The molecule has 5 rings (SSSR count). The van der Waals surface area contributed by atoms with Gasteiger partial charge in [-0.05, 0) is 78.9 Å². The maximum absolute atomic E-state index is 13.3. The summed E-state index contributed by atoms with van der Waals surface area (Å²) in [6.45, 7) is 5.85. The summed E-state index contributed by atoms with van der Waals surface area (Å²) >= 11 is 0. The Labute approximate surface area is 216 Å². The van der Waals surface area contributed by atoms with Crippen LogP contribution >= 0.6 is 0 Å².